The van der Waals surface area contributed by atoms with Gasteiger partial charge in [0.2, 0.25) is 5.91 Å². The lowest BCUT2D eigenvalue weighted by Crippen LogP contribution is -2.39. The second-order valence-corrected chi connectivity index (χ2v) is 9.44. The highest BCUT2D eigenvalue weighted by Gasteiger charge is 2.27. The third-order valence-electron chi connectivity index (χ3n) is 5.87. The lowest BCUT2D eigenvalue weighted by atomic mass is 9.88. The summed E-state index contributed by atoms with van der Waals surface area (Å²) in [4.78, 5) is 31.5. The molecule has 0 spiro atoms. The molecule has 0 unspecified atom stereocenters. The predicted molar refractivity (Wildman–Crippen MR) is 131 cm³/mol. The minimum Gasteiger partial charge on any atom is -0.487 e. The van der Waals surface area contributed by atoms with Gasteiger partial charge in [0.15, 0.2) is 5.78 Å². The van der Waals surface area contributed by atoms with Crippen LogP contribution in [0.4, 0.5) is 0 Å². The van der Waals surface area contributed by atoms with Gasteiger partial charge in [-0.1, -0.05) is 42.0 Å². The maximum atomic E-state index is 12.7. The van der Waals surface area contributed by atoms with Crippen LogP contribution < -0.4 is 4.74 Å². The van der Waals surface area contributed by atoms with Crippen LogP contribution in [0.5, 0.6) is 5.75 Å². The summed E-state index contributed by atoms with van der Waals surface area (Å²) in [6, 6.07) is 15.4. The first-order valence-electron chi connectivity index (χ1n) is 11.2. The molecule has 0 aliphatic carbocycles. The van der Waals surface area contributed by atoms with E-state index >= 15 is 0 Å². The lowest BCUT2D eigenvalue weighted by Gasteiger charge is -2.30. The fraction of sp³-hybridized carbons (Fsp3) is 0.296. The summed E-state index contributed by atoms with van der Waals surface area (Å²) in [6.07, 6.45) is 4.84. The number of aryl methyl sites for hydroxylation is 2. The molecule has 1 fully saturated rings. The molecule has 3 aromatic rings. The Morgan fingerprint density at radius 3 is 2.39 bits per heavy atom. The van der Waals surface area contributed by atoms with Gasteiger partial charge in [-0.2, -0.15) is 0 Å². The Bertz CT molecular complexity index is 1120. The fourth-order valence-electron chi connectivity index (χ4n) is 3.90. The van der Waals surface area contributed by atoms with Crippen molar-refractivity contribution in [2.75, 3.05) is 13.1 Å². The van der Waals surface area contributed by atoms with Crippen molar-refractivity contribution >= 4 is 29.1 Å². The molecule has 170 valence electrons. The molecular weight excluding hydrogens is 432 g/mol. The normalized spacial score (nSPS) is 14.5. The topological polar surface area (TPSA) is 59.5 Å². The molecule has 1 aliphatic heterocycles. The van der Waals surface area contributed by atoms with Crippen molar-refractivity contribution in [3.05, 3.63) is 87.4 Å². The van der Waals surface area contributed by atoms with Gasteiger partial charge >= 0.3 is 0 Å². The number of carbonyl (C=O) groups excluding carboxylic acids is 2. The fourth-order valence-corrected chi connectivity index (χ4v) is 4.49. The lowest BCUT2D eigenvalue weighted by molar-refractivity contribution is -0.127. The Hall–Kier alpha value is -3.25. The van der Waals surface area contributed by atoms with E-state index in [9.17, 15) is 9.59 Å². The number of rotatable bonds is 7. The number of likely N-dealkylation sites (tertiary alicyclic amines) is 1. The van der Waals surface area contributed by atoms with E-state index in [-0.39, 0.29) is 17.6 Å². The molecule has 2 heterocycles. The Morgan fingerprint density at radius 1 is 1.06 bits per heavy atom. The molecule has 0 bridgehead atoms. The Morgan fingerprint density at radius 2 is 1.76 bits per heavy atom. The van der Waals surface area contributed by atoms with Crippen molar-refractivity contribution in [2.24, 2.45) is 5.92 Å². The first-order chi connectivity index (χ1) is 16.0. The average molecular weight is 461 g/mol. The molecule has 2 aromatic carbocycles. The van der Waals surface area contributed by atoms with Gasteiger partial charge in [0.1, 0.15) is 12.4 Å². The van der Waals surface area contributed by atoms with Crippen molar-refractivity contribution in [2.45, 2.75) is 33.3 Å². The number of Topliss-reactive ketones (excluding diaryl/α,β-unsaturated/α-hetero) is 1. The van der Waals surface area contributed by atoms with E-state index in [1.54, 1.807) is 17.4 Å². The molecule has 5 nitrogen and oxygen atoms in total. The third kappa shape index (κ3) is 6.17. The summed E-state index contributed by atoms with van der Waals surface area (Å²) in [5, 5.41) is 3.03. The molecule has 0 N–H and O–H groups in total. The van der Waals surface area contributed by atoms with Gasteiger partial charge in [0.05, 0.1) is 10.7 Å². The molecule has 1 aliphatic rings. The van der Waals surface area contributed by atoms with Gasteiger partial charge in [-0.3, -0.25) is 9.59 Å². The number of nitrogens with zero attached hydrogens (tertiary/aromatic N) is 2. The molecule has 33 heavy (non-hydrogen) atoms. The maximum Gasteiger partial charge on any atom is 0.246 e. The van der Waals surface area contributed by atoms with Gasteiger partial charge in [-0.05, 0) is 50.5 Å². The van der Waals surface area contributed by atoms with Crippen LogP contribution in [0.2, 0.25) is 0 Å². The number of amides is 1. The standard InChI is InChI=1S/C27H28N2O3S/c1-19-3-8-22(9-4-19)27(31)23-13-15-29(16-14-23)26(30)12-7-21-5-10-25(11-6-21)32-17-24-18-33-20(2)28-24/h3-12,18,23H,13-17H2,1-2H3. The number of carbonyl (C=O) groups is 2. The number of benzene rings is 2. The second kappa shape index (κ2) is 10.6. The van der Waals surface area contributed by atoms with Gasteiger partial charge in [0, 0.05) is 36.0 Å². The summed E-state index contributed by atoms with van der Waals surface area (Å²) in [6.45, 7) is 5.64. The molecule has 1 amide bonds. The van der Waals surface area contributed by atoms with Crippen LogP contribution in [-0.4, -0.2) is 34.7 Å². The molecule has 1 saturated heterocycles. The zero-order valence-electron chi connectivity index (χ0n) is 19.0. The number of ether oxygens (including phenoxy) is 1. The Balaban J connectivity index is 1.25. The Kier molecular flexibility index (Phi) is 7.35. The van der Waals surface area contributed by atoms with Gasteiger partial charge < -0.3 is 9.64 Å². The number of aromatic nitrogens is 1. The van der Waals surface area contributed by atoms with E-state index in [0.717, 1.165) is 33.1 Å². The summed E-state index contributed by atoms with van der Waals surface area (Å²) in [7, 11) is 0. The number of thiazole rings is 1. The van der Waals surface area contributed by atoms with E-state index in [4.69, 9.17) is 4.74 Å². The number of ketones is 1. The van der Waals surface area contributed by atoms with E-state index in [1.807, 2.05) is 78.7 Å². The number of piperidine rings is 1. The van der Waals surface area contributed by atoms with Crippen molar-refractivity contribution in [3.8, 4) is 5.75 Å². The average Bonchev–Trinajstić information content (AvgIpc) is 3.27. The summed E-state index contributed by atoms with van der Waals surface area (Å²) in [5.41, 5.74) is 3.77. The zero-order valence-corrected chi connectivity index (χ0v) is 19.8. The maximum absolute atomic E-state index is 12.7. The minimum absolute atomic E-state index is 0.0125. The summed E-state index contributed by atoms with van der Waals surface area (Å²) in [5.74, 6) is 0.922. The third-order valence-corrected chi connectivity index (χ3v) is 6.69. The summed E-state index contributed by atoms with van der Waals surface area (Å²) >= 11 is 1.61. The number of hydrogen-bond donors (Lipinski definition) is 0. The van der Waals surface area contributed by atoms with E-state index in [0.29, 0.717) is 32.5 Å². The van der Waals surface area contributed by atoms with E-state index in [2.05, 4.69) is 4.98 Å². The molecule has 4 rings (SSSR count). The molecule has 0 radical (unpaired) electrons. The van der Waals surface area contributed by atoms with Crippen LogP contribution >= 0.6 is 11.3 Å². The van der Waals surface area contributed by atoms with Crippen molar-refractivity contribution < 1.29 is 14.3 Å². The molecule has 6 heteroatoms. The SMILES string of the molecule is Cc1ccc(C(=O)C2CCN(C(=O)C=Cc3ccc(OCc4csc(C)n4)cc3)CC2)cc1. The van der Waals surface area contributed by atoms with Crippen LogP contribution in [0.15, 0.2) is 60.0 Å². The summed E-state index contributed by atoms with van der Waals surface area (Å²) < 4.78 is 5.77. The highest BCUT2D eigenvalue weighted by Crippen LogP contribution is 2.23. The van der Waals surface area contributed by atoms with Crippen LogP contribution in [0, 0.1) is 19.8 Å². The van der Waals surface area contributed by atoms with Gasteiger partial charge in [-0.25, -0.2) is 4.98 Å². The molecule has 0 saturated carbocycles. The largest absolute Gasteiger partial charge is 0.487 e. The van der Waals surface area contributed by atoms with Crippen LogP contribution in [0.1, 0.15) is 45.0 Å². The first kappa shape index (κ1) is 22.9. The zero-order chi connectivity index (χ0) is 23.2. The van der Waals surface area contributed by atoms with E-state index in [1.165, 1.54) is 0 Å². The highest BCUT2D eigenvalue weighted by molar-refractivity contribution is 7.09. The van der Waals surface area contributed by atoms with Crippen LogP contribution in [0.3, 0.4) is 0 Å². The molecular formula is C27H28N2O3S. The van der Waals surface area contributed by atoms with Crippen LogP contribution in [0.25, 0.3) is 6.08 Å². The highest BCUT2D eigenvalue weighted by atomic mass is 32.1. The van der Waals surface area contributed by atoms with Crippen LogP contribution in [-0.2, 0) is 11.4 Å². The molecule has 0 atom stereocenters. The van der Waals surface area contributed by atoms with Crippen molar-refractivity contribution in [3.63, 3.8) is 0 Å². The van der Waals surface area contributed by atoms with Gasteiger partial charge in [-0.15, -0.1) is 11.3 Å². The predicted octanol–water partition coefficient (Wildman–Crippen LogP) is 5.47. The molecule has 1 aromatic heterocycles. The van der Waals surface area contributed by atoms with Gasteiger partial charge in [0.25, 0.3) is 0 Å². The Labute approximate surface area is 198 Å². The van der Waals surface area contributed by atoms with E-state index < -0.39 is 0 Å². The second-order valence-electron chi connectivity index (χ2n) is 8.38. The smallest absolute Gasteiger partial charge is 0.246 e. The van der Waals surface area contributed by atoms with Crippen molar-refractivity contribution in [1.82, 2.24) is 9.88 Å². The quantitative estimate of drug-likeness (QED) is 0.346. The minimum atomic E-state index is -0.0181. The van der Waals surface area contributed by atoms with Crippen molar-refractivity contribution in [1.29, 1.82) is 0 Å². The monoisotopic (exact) mass is 460 g/mol. The number of hydrogen-bond acceptors (Lipinski definition) is 5. The first-order valence-corrected chi connectivity index (χ1v) is 12.1.